The highest BCUT2D eigenvalue weighted by molar-refractivity contribution is 14.1. The molecular formula is C12H11IN2O4S. The van der Waals surface area contributed by atoms with Gasteiger partial charge in [-0.15, -0.1) is 0 Å². The first kappa shape index (κ1) is 14.9. The van der Waals surface area contributed by atoms with Gasteiger partial charge in [0.15, 0.2) is 0 Å². The predicted molar refractivity (Wildman–Crippen MR) is 82.5 cm³/mol. The van der Waals surface area contributed by atoms with Gasteiger partial charge in [0, 0.05) is 15.5 Å². The maximum Gasteiger partial charge on any atom is 0.339 e. The minimum Gasteiger partial charge on any atom is -0.478 e. The summed E-state index contributed by atoms with van der Waals surface area (Å²) in [7, 11) is -3.81. The molecule has 1 aromatic heterocycles. The van der Waals surface area contributed by atoms with E-state index in [1.807, 2.05) is 0 Å². The molecule has 6 nitrogen and oxygen atoms in total. The Labute approximate surface area is 129 Å². The number of carbonyl (C=O) groups is 1. The highest BCUT2D eigenvalue weighted by atomic mass is 127. The molecule has 1 aromatic carbocycles. The van der Waals surface area contributed by atoms with Crippen LogP contribution in [0.2, 0.25) is 0 Å². The zero-order valence-corrected chi connectivity index (χ0v) is 13.3. The van der Waals surface area contributed by atoms with Crippen LogP contribution >= 0.6 is 22.6 Å². The van der Waals surface area contributed by atoms with Crippen molar-refractivity contribution >= 4 is 44.3 Å². The normalized spacial score (nSPS) is 11.3. The molecule has 8 heteroatoms. The molecule has 0 unspecified atom stereocenters. The lowest BCUT2D eigenvalue weighted by Crippen LogP contribution is -2.14. The average Bonchev–Trinajstić information content (AvgIpc) is 2.70. The van der Waals surface area contributed by atoms with E-state index in [1.165, 1.54) is 18.3 Å². The lowest BCUT2D eigenvalue weighted by atomic mass is 10.2. The number of halogens is 1. The Morgan fingerprint density at radius 2 is 1.90 bits per heavy atom. The van der Waals surface area contributed by atoms with E-state index in [9.17, 15) is 13.2 Å². The van der Waals surface area contributed by atoms with Crippen LogP contribution in [-0.2, 0) is 10.0 Å². The number of aromatic nitrogens is 1. The lowest BCUT2D eigenvalue weighted by molar-refractivity contribution is 0.0697. The van der Waals surface area contributed by atoms with Crippen LogP contribution in [0.5, 0.6) is 0 Å². The minimum absolute atomic E-state index is 0.0218. The second-order valence-corrected chi connectivity index (χ2v) is 6.99. The Morgan fingerprint density at radius 3 is 2.45 bits per heavy atom. The Bertz CT molecular complexity index is 750. The summed E-state index contributed by atoms with van der Waals surface area (Å²) in [6.07, 6.45) is 1.32. The molecule has 0 radical (unpaired) electrons. The van der Waals surface area contributed by atoms with Gasteiger partial charge in [-0.05, 0) is 53.8 Å². The Kier molecular flexibility index (Phi) is 4.04. The zero-order valence-electron chi connectivity index (χ0n) is 10.3. The third kappa shape index (κ3) is 2.96. The highest BCUT2D eigenvalue weighted by Crippen LogP contribution is 2.23. The summed E-state index contributed by atoms with van der Waals surface area (Å²) in [6, 6.07) is 6.25. The number of nitrogens with one attached hydrogen (secondary N) is 2. The third-order valence-corrected chi connectivity index (χ3v) is 4.76. The summed E-state index contributed by atoms with van der Waals surface area (Å²) >= 11 is 2.07. The first-order valence-electron chi connectivity index (χ1n) is 5.51. The fraction of sp³-hybridized carbons (Fsp3) is 0.0833. The maximum atomic E-state index is 12.2. The molecule has 0 spiro atoms. The molecule has 0 aliphatic carbocycles. The van der Waals surface area contributed by atoms with Gasteiger partial charge in [0.1, 0.15) is 5.56 Å². The predicted octanol–water partition coefficient (Wildman–Crippen LogP) is 2.43. The van der Waals surface area contributed by atoms with E-state index in [4.69, 9.17) is 5.11 Å². The number of aromatic carboxylic acids is 1. The number of carboxylic acid groups (broad SMARTS) is 1. The van der Waals surface area contributed by atoms with E-state index >= 15 is 0 Å². The summed E-state index contributed by atoms with van der Waals surface area (Å²) in [4.78, 5) is 13.9. The summed E-state index contributed by atoms with van der Waals surface area (Å²) in [6.45, 7) is 1.56. The Morgan fingerprint density at radius 1 is 1.30 bits per heavy atom. The van der Waals surface area contributed by atoms with Crippen LogP contribution in [0.3, 0.4) is 0 Å². The molecule has 106 valence electrons. The van der Waals surface area contributed by atoms with Gasteiger partial charge >= 0.3 is 5.97 Å². The van der Waals surface area contributed by atoms with Gasteiger partial charge < -0.3 is 10.1 Å². The standard InChI is InChI=1S/C12H11IN2O4S/c1-7-11(12(16)17)10(6-14-7)15-20(18,19)9-4-2-8(13)3-5-9/h2-6,14-15H,1H3,(H,16,17). The number of carboxylic acids is 1. The quantitative estimate of drug-likeness (QED) is 0.680. The summed E-state index contributed by atoms with van der Waals surface area (Å²) in [5.74, 6) is -1.19. The molecular weight excluding hydrogens is 395 g/mol. The van der Waals surface area contributed by atoms with Crippen molar-refractivity contribution < 1.29 is 18.3 Å². The molecule has 0 bridgehead atoms. The van der Waals surface area contributed by atoms with Gasteiger partial charge in [-0.2, -0.15) is 0 Å². The van der Waals surface area contributed by atoms with Crippen LogP contribution in [0.25, 0.3) is 0 Å². The summed E-state index contributed by atoms with van der Waals surface area (Å²) < 4.78 is 27.5. The number of aromatic amines is 1. The fourth-order valence-electron chi connectivity index (χ4n) is 1.70. The monoisotopic (exact) mass is 406 g/mol. The van der Waals surface area contributed by atoms with Crippen molar-refractivity contribution in [2.45, 2.75) is 11.8 Å². The second kappa shape index (κ2) is 5.44. The smallest absolute Gasteiger partial charge is 0.339 e. The van der Waals surface area contributed by atoms with Crippen molar-refractivity contribution in [2.24, 2.45) is 0 Å². The van der Waals surface area contributed by atoms with E-state index in [2.05, 4.69) is 32.3 Å². The van der Waals surface area contributed by atoms with E-state index < -0.39 is 16.0 Å². The molecule has 2 aromatic rings. The number of aryl methyl sites for hydroxylation is 1. The molecule has 20 heavy (non-hydrogen) atoms. The van der Waals surface area contributed by atoms with Crippen molar-refractivity contribution in [1.82, 2.24) is 4.98 Å². The van der Waals surface area contributed by atoms with Gasteiger partial charge in [0.05, 0.1) is 10.6 Å². The van der Waals surface area contributed by atoms with E-state index in [0.717, 1.165) is 3.57 Å². The molecule has 0 saturated carbocycles. The largest absolute Gasteiger partial charge is 0.478 e. The molecule has 0 saturated heterocycles. The fourth-order valence-corrected chi connectivity index (χ4v) is 3.12. The maximum absolute atomic E-state index is 12.2. The van der Waals surface area contributed by atoms with Gasteiger partial charge in [0.25, 0.3) is 10.0 Å². The third-order valence-electron chi connectivity index (χ3n) is 2.66. The number of anilines is 1. The Balaban J connectivity index is 2.38. The molecule has 2 rings (SSSR count). The van der Waals surface area contributed by atoms with Gasteiger partial charge in [-0.3, -0.25) is 4.72 Å². The van der Waals surface area contributed by atoms with Crippen molar-refractivity contribution in [1.29, 1.82) is 0 Å². The van der Waals surface area contributed by atoms with Crippen molar-refractivity contribution in [3.05, 3.63) is 45.3 Å². The molecule has 1 heterocycles. The van der Waals surface area contributed by atoms with Crippen LogP contribution in [-0.4, -0.2) is 24.5 Å². The van der Waals surface area contributed by atoms with E-state index in [1.54, 1.807) is 19.1 Å². The average molecular weight is 406 g/mol. The van der Waals surface area contributed by atoms with Crippen LogP contribution in [0, 0.1) is 10.5 Å². The summed E-state index contributed by atoms with van der Waals surface area (Å²) in [5, 5.41) is 9.08. The van der Waals surface area contributed by atoms with Crippen LogP contribution in [0.1, 0.15) is 16.1 Å². The first-order chi connectivity index (χ1) is 9.31. The molecule has 0 aliphatic heterocycles. The van der Waals surface area contributed by atoms with Crippen molar-refractivity contribution in [3.8, 4) is 0 Å². The minimum atomic E-state index is -3.81. The van der Waals surface area contributed by atoms with Crippen LogP contribution in [0.15, 0.2) is 35.4 Å². The topological polar surface area (TPSA) is 99.3 Å². The number of hydrogen-bond acceptors (Lipinski definition) is 3. The molecule has 3 N–H and O–H groups in total. The van der Waals surface area contributed by atoms with E-state index in [0.29, 0.717) is 5.69 Å². The van der Waals surface area contributed by atoms with Crippen LogP contribution < -0.4 is 4.72 Å². The number of rotatable bonds is 4. The van der Waals surface area contributed by atoms with Gasteiger partial charge in [0.2, 0.25) is 0 Å². The molecule has 0 atom stereocenters. The number of H-pyrrole nitrogens is 1. The molecule has 0 fully saturated rings. The second-order valence-electron chi connectivity index (χ2n) is 4.07. The lowest BCUT2D eigenvalue weighted by Gasteiger charge is -2.07. The zero-order chi connectivity index (χ0) is 14.9. The number of benzene rings is 1. The van der Waals surface area contributed by atoms with Gasteiger partial charge in [-0.25, -0.2) is 13.2 Å². The molecule has 0 aliphatic rings. The van der Waals surface area contributed by atoms with Crippen molar-refractivity contribution in [2.75, 3.05) is 4.72 Å². The van der Waals surface area contributed by atoms with Crippen LogP contribution in [0.4, 0.5) is 5.69 Å². The van der Waals surface area contributed by atoms with E-state index in [-0.39, 0.29) is 16.1 Å². The summed E-state index contributed by atoms with van der Waals surface area (Å²) in [5.41, 5.74) is 0.324. The SMILES string of the molecule is Cc1[nH]cc(NS(=O)(=O)c2ccc(I)cc2)c1C(=O)O. The first-order valence-corrected chi connectivity index (χ1v) is 8.07. The van der Waals surface area contributed by atoms with Crippen molar-refractivity contribution in [3.63, 3.8) is 0 Å². The number of hydrogen-bond donors (Lipinski definition) is 3. The number of sulfonamides is 1. The Hall–Kier alpha value is -1.55. The van der Waals surface area contributed by atoms with Gasteiger partial charge in [-0.1, -0.05) is 0 Å². The molecule has 0 amide bonds. The highest BCUT2D eigenvalue weighted by Gasteiger charge is 2.21.